The number of fused-ring (bicyclic) bond motifs is 1. The molecule has 3 unspecified atom stereocenters. The zero-order chi connectivity index (χ0) is 8.39. The molecule has 2 aliphatic rings. The highest BCUT2D eigenvalue weighted by Gasteiger charge is 2.40. The van der Waals surface area contributed by atoms with Gasteiger partial charge in [-0.3, -0.25) is 0 Å². The van der Waals surface area contributed by atoms with E-state index in [4.69, 9.17) is 0 Å². The zero-order valence-electron chi connectivity index (χ0n) is 7.42. The molecule has 2 aliphatic carbocycles. The van der Waals surface area contributed by atoms with Gasteiger partial charge in [0.15, 0.2) is 0 Å². The number of hydrogen-bond acceptors (Lipinski definition) is 1. The molecule has 0 amide bonds. The van der Waals surface area contributed by atoms with Gasteiger partial charge in [0.25, 0.3) is 0 Å². The first-order valence-electron chi connectivity index (χ1n) is 5.04. The summed E-state index contributed by atoms with van der Waals surface area (Å²) in [6.45, 7) is 0. The van der Waals surface area contributed by atoms with Gasteiger partial charge in [0.1, 0.15) is 6.10 Å². The largest absolute Gasteiger partial charge is 0.380 e. The molecule has 0 heterocycles. The third kappa shape index (κ3) is 1.81. The molecule has 0 bridgehead atoms. The molecule has 66 valence electrons. The van der Waals surface area contributed by atoms with Gasteiger partial charge < -0.3 is 5.11 Å². The molecule has 1 fully saturated rings. The zero-order valence-corrected chi connectivity index (χ0v) is 7.42. The van der Waals surface area contributed by atoms with Crippen molar-refractivity contribution >= 4 is 0 Å². The van der Waals surface area contributed by atoms with Crippen LogP contribution in [0.3, 0.4) is 0 Å². The van der Waals surface area contributed by atoms with Crippen LogP contribution in [0.15, 0.2) is 0 Å². The molecule has 12 heavy (non-hydrogen) atoms. The highest BCUT2D eigenvalue weighted by molar-refractivity contribution is 5.11. The van der Waals surface area contributed by atoms with Crippen molar-refractivity contribution in [3.05, 3.63) is 0 Å². The van der Waals surface area contributed by atoms with E-state index in [2.05, 4.69) is 11.8 Å². The monoisotopic (exact) mass is 164 g/mol. The molecule has 0 spiro atoms. The molecule has 1 heteroatoms. The van der Waals surface area contributed by atoms with Gasteiger partial charge in [-0.25, -0.2) is 0 Å². The lowest BCUT2D eigenvalue weighted by Gasteiger charge is -2.04. The van der Waals surface area contributed by atoms with Gasteiger partial charge in [0, 0.05) is 6.42 Å². The Hall–Kier alpha value is -0.480. The molecule has 1 nitrogen and oxygen atoms in total. The summed E-state index contributed by atoms with van der Waals surface area (Å²) in [6.07, 6.45) is 7.10. The lowest BCUT2D eigenvalue weighted by molar-refractivity contribution is 0.200. The average Bonchev–Trinajstić information content (AvgIpc) is 2.82. The first kappa shape index (κ1) is 8.13. The molecular weight excluding hydrogens is 148 g/mol. The lowest BCUT2D eigenvalue weighted by Crippen LogP contribution is -2.07. The summed E-state index contributed by atoms with van der Waals surface area (Å²) < 4.78 is 0. The predicted octanol–water partition coefficient (Wildman–Crippen LogP) is 1.95. The van der Waals surface area contributed by atoms with Crippen LogP contribution in [0.4, 0.5) is 0 Å². The van der Waals surface area contributed by atoms with E-state index in [-0.39, 0.29) is 6.10 Å². The van der Waals surface area contributed by atoms with Crippen molar-refractivity contribution in [1.82, 2.24) is 0 Å². The van der Waals surface area contributed by atoms with Gasteiger partial charge in [0.2, 0.25) is 0 Å². The van der Waals surface area contributed by atoms with Crippen molar-refractivity contribution in [2.45, 2.75) is 44.6 Å². The first-order chi connectivity index (χ1) is 5.88. The molecule has 2 rings (SSSR count). The Balaban J connectivity index is 1.94. The Morgan fingerprint density at radius 2 is 2.08 bits per heavy atom. The van der Waals surface area contributed by atoms with E-state index in [9.17, 15) is 5.11 Å². The predicted molar refractivity (Wildman–Crippen MR) is 48.5 cm³/mol. The molecular formula is C11H16O. The average molecular weight is 164 g/mol. The minimum Gasteiger partial charge on any atom is -0.380 e. The van der Waals surface area contributed by atoms with Crippen LogP contribution in [-0.4, -0.2) is 11.2 Å². The van der Waals surface area contributed by atoms with Crippen molar-refractivity contribution in [3.8, 4) is 11.8 Å². The van der Waals surface area contributed by atoms with Gasteiger partial charge in [-0.2, -0.15) is 0 Å². The summed E-state index contributed by atoms with van der Waals surface area (Å²) in [6, 6.07) is 0. The van der Waals surface area contributed by atoms with Crippen molar-refractivity contribution in [2.75, 3.05) is 0 Å². The van der Waals surface area contributed by atoms with Crippen molar-refractivity contribution in [1.29, 1.82) is 0 Å². The van der Waals surface area contributed by atoms with Crippen molar-refractivity contribution in [3.63, 3.8) is 0 Å². The number of aliphatic hydroxyl groups excluding tert-OH is 1. The Morgan fingerprint density at radius 3 is 3.00 bits per heavy atom. The minimum absolute atomic E-state index is 0.312. The maximum atomic E-state index is 9.57. The van der Waals surface area contributed by atoms with Crippen LogP contribution in [0.1, 0.15) is 38.5 Å². The molecule has 0 radical (unpaired) electrons. The fourth-order valence-electron chi connectivity index (χ4n) is 2.07. The molecule has 0 aromatic rings. The van der Waals surface area contributed by atoms with Crippen LogP contribution in [0, 0.1) is 23.7 Å². The van der Waals surface area contributed by atoms with Gasteiger partial charge in [-0.15, -0.1) is 5.92 Å². The maximum absolute atomic E-state index is 9.57. The van der Waals surface area contributed by atoms with E-state index < -0.39 is 0 Å². The van der Waals surface area contributed by atoms with E-state index in [1.54, 1.807) is 0 Å². The Morgan fingerprint density at radius 1 is 1.17 bits per heavy atom. The normalized spacial score (nSPS) is 40.6. The summed E-state index contributed by atoms with van der Waals surface area (Å²) in [4.78, 5) is 0. The minimum atomic E-state index is -0.312. The van der Waals surface area contributed by atoms with E-state index in [1.165, 1.54) is 32.1 Å². The summed E-state index contributed by atoms with van der Waals surface area (Å²) in [7, 11) is 0. The smallest absolute Gasteiger partial charge is 0.117 e. The number of aliphatic hydroxyl groups is 1. The topological polar surface area (TPSA) is 20.2 Å². The lowest BCUT2D eigenvalue weighted by atomic mass is 10.1. The van der Waals surface area contributed by atoms with Crippen molar-refractivity contribution < 1.29 is 5.11 Å². The highest BCUT2D eigenvalue weighted by Crippen LogP contribution is 2.44. The van der Waals surface area contributed by atoms with Crippen molar-refractivity contribution in [2.24, 2.45) is 11.8 Å². The van der Waals surface area contributed by atoms with E-state index in [1.807, 2.05) is 0 Å². The summed E-state index contributed by atoms with van der Waals surface area (Å²) >= 11 is 0. The fraction of sp³-hybridized carbons (Fsp3) is 0.818. The SMILES string of the molecule is OC1C#CCCCCCC2CC12. The molecule has 0 saturated heterocycles. The molecule has 1 saturated carbocycles. The Bertz CT molecular complexity index is 211. The summed E-state index contributed by atoms with van der Waals surface area (Å²) in [5.41, 5.74) is 0. The quantitative estimate of drug-likeness (QED) is 0.542. The van der Waals surface area contributed by atoms with E-state index in [0.29, 0.717) is 5.92 Å². The third-order valence-electron chi connectivity index (χ3n) is 3.01. The number of rotatable bonds is 0. The molecule has 1 N–H and O–H groups in total. The van der Waals surface area contributed by atoms with Crippen LogP contribution in [0.25, 0.3) is 0 Å². The molecule has 0 aliphatic heterocycles. The van der Waals surface area contributed by atoms with Crippen LogP contribution >= 0.6 is 0 Å². The van der Waals surface area contributed by atoms with Crippen LogP contribution in [0.2, 0.25) is 0 Å². The Kier molecular flexibility index (Phi) is 2.37. The van der Waals surface area contributed by atoms with Gasteiger partial charge in [-0.1, -0.05) is 25.2 Å². The van der Waals surface area contributed by atoms with E-state index >= 15 is 0 Å². The second-order valence-electron chi connectivity index (χ2n) is 4.02. The van der Waals surface area contributed by atoms with E-state index in [0.717, 1.165) is 12.3 Å². The molecule has 0 aromatic carbocycles. The number of hydrogen-bond donors (Lipinski definition) is 1. The maximum Gasteiger partial charge on any atom is 0.117 e. The van der Waals surface area contributed by atoms with Gasteiger partial charge in [-0.05, 0) is 24.7 Å². The van der Waals surface area contributed by atoms with Crippen LogP contribution in [-0.2, 0) is 0 Å². The highest BCUT2D eigenvalue weighted by atomic mass is 16.3. The second-order valence-corrected chi connectivity index (χ2v) is 4.02. The van der Waals surface area contributed by atoms with Gasteiger partial charge >= 0.3 is 0 Å². The summed E-state index contributed by atoms with van der Waals surface area (Å²) in [5.74, 6) is 7.33. The first-order valence-corrected chi connectivity index (χ1v) is 5.04. The Labute approximate surface area is 74.2 Å². The second kappa shape index (κ2) is 3.49. The third-order valence-corrected chi connectivity index (χ3v) is 3.01. The molecule has 3 atom stereocenters. The summed E-state index contributed by atoms with van der Waals surface area (Å²) in [5, 5.41) is 9.57. The van der Waals surface area contributed by atoms with Crippen LogP contribution < -0.4 is 0 Å². The van der Waals surface area contributed by atoms with Crippen LogP contribution in [0.5, 0.6) is 0 Å². The molecule has 0 aromatic heterocycles. The standard InChI is InChI=1S/C11H16O/c12-11-7-5-3-1-2-4-6-9-8-10(9)11/h9-12H,1-4,6,8H2. The fourth-order valence-corrected chi connectivity index (χ4v) is 2.07. The van der Waals surface area contributed by atoms with Gasteiger partial charge in [0.05, 0.1) is 0 Å².